The fraction of sp³-hybridized carbons (Fsp3) is 0.357. The molecule has 1 aromatic heterocycles. The van der Waals surface area contributed by atoms with Crippen LogP contribution in [-0.4, -0.2) is 11.0 Å². The Morgan fingerprint density at radius 3 is 2.74 bits per heavy atom. The van der Waals surface area contributed by atoms with Crippen LogP contribution in [-0.2, 0) is 0 Å². The van der Waals surface area contributed by atoms with Crippen molar-refractivity contribution in [3.63, 3.8) is 0 Å². The fourth-order valence-corrected chi connectivity index (χ4v) is 3.70. The highest BCUT2D eigenvalue weighted by Gasteiger charge is 2.23. The first kappa shape index (κ1) is 14.6. The Balaban J connectivity index is 2.29. The van der Waals surface area contributed by atoms with E-state index in [4.69, 9.17) is 10.2 Å². The number of halogens is 1. The molecule has 2 aromatic rings. The summed E-state index contributed by atoms with van der Waals surface area (Å²) in [7, 11) is 0. The van der Waals surface area contributed by atoms with E-state index in [0.717, 1.165) is 16.6 Å². The van der Waals surface area contributed by atoms with Gasteiger partial charge in [0.05, 0.1) is 10.9 Å². The highest BCUT2D eigenvalue weighted by Crippen LogP contribution is 2.40. The molecule has 0 aliphatic carbocycles. The fourth-order valence-electron chi connectivity index (χ4n) is 1.80. The summed E-state index contributed by atoms with van der Waals surface area (Å²) in [6.45, 7) is 4.01. The standard InChI is InChI=1S/C14H17BrN2OS/c1-3-12(16)13(10-6-4-5-7-11(10)15)19-14-17-9(2)8-18-14/h4-8,12-13H,3,16H2,1-2H3. The predicted molar refractivity (Wildman–Crippen MR) is 82.2 cm³/mol. The van der Waals surface area contributed by atoms with E-state index in [-0.39, 0.29) is 11.3 Å². The molecule has 1 aromatic carbocycles. The summed E-state index contributed by atoms with van der Waals surface area (Å²) in [4.78, 5) is 4.35. The number of thioether (sulfide) groups is 1. The average molecular weight is 341 g/mol. The van der Waals surface area contributed by atoms with Crippen molar-refractivity contribution in [3.05, 3.63) is 46.3 Å². The van der Waals surface area contributed by atoms with Crippen LogP contribution < -0.4 is 5.73 Å². The third kappa shape index (κ3) is 3.61. The molecule has 2 unspecified atom stereocenters. The highest BCUT2D eigenvalue weighted by molar-refractivity contribution is 9.10. The number of hydrogen-bond donors (Lipinski definition) is 1. The normalized spacial score (nSPS) is 14.3. The molecule has 3 nitrogen and oxygen atoms in total. The number of rotatable bonds is 5. The zero-order valence-electron chi connectivity index (χ0n) is 11.0. The van der Waals surface area contributed by atoms with E-state index in [0.29, 0.717) is 5.22 Å². The van der Waals surface area contributed by atoms with E-state index < -0.39 is 0 Å². The maximum atomic E-state index is 6.26. The summed E-state index contributed by atoms with van der Waals surface area (Å²) in [5.41, 5.74) is 8.33. The van der Waals surface area contributed by atoms with Crippen molar-refractivity contribution >= 4 is 27.7 Å². The minimum Gasteiger partial charge on any atom is -0.440 e. The molecule has 0 aliphatic heterocycles. The Bertz CT molecular complexity index is 544. The van der Waals surface area contributed by atoms with Crippen LogP contribution >= 0.6 is 27.7 Å². The number of aromatic nitrogens is 1. The van der Waals surface area contributed by atoms with Crippen molar-refractivity contribution in [1.82, 2.24) is 4.98 Å². The van der Waals surface area contributed by atoms with E-state index in [1.54, 1.807) is 18.0 Å². The van der Waals surface area contributed by atoms with Gasteiger partial charge in [-0.15, -0.1) is 0 Å². The first-order valence-electron chi connectivity index (χ1n) is 6.20. The summed E-state index contributed by atoms with van der Waals surface area (Å²) >= 11 is 5.17. The van der Waals surface area contributed by atoms with Gasteiger partial charge in [0.15, 0.2) is 0 Å². The Morgan fingerprint density at radius 2 is 2.16 bits per heavy atom. The van der Waals surface area contributed by atoms with E-state index in [1.165, 1.54) is 5.56 Å². The van der Waals surface area contributed by atoms with Gasteiger partial charge in [-0.25, -0.2) is 4.98 Å². The number of nitrogens with zero attached hydrogens (tertiary/aromatic N) is 1. The molecule has 0 saturated carbocycles. The summed E-state index contributed by atoms with van der Waals surface area (Å²) in [6, 6.07) is 8.20. The van der Waals surface area contributed by atoms with Gasteiger partial charge < -0.3 is 10.2 Å². The van der Waals surface area contributed by atoms with Gasteiger partial charge in [0.1, 0.15) is 6.26 Å². The second-order valence-corrected chi connectivity index (χ2v) is 6.33. The van der Waals surface area contributed by atoms with Gasteiger partial charge in [0, 0.05) is 10.5 Å². The number of hydrogen-bond acceptors (Lipinski definition) is 4. The molecule has 5 heteroatoms. The molecule has 0 spiro atoms. The number of aryl methyl sites for hydroxylation is 1. The highest BCUT2D eigenvalue weighted by atomic mass is 79.9. The van der Waals surface area contributed by atoms with Crippen molar-refractivity contribution in [2.45, 2.75) is 36.8 Å². The maximum Gasteiger partial charge on any atom is 0.256 e. The zero-order chi connectivity index (χ0) is 13.8. The Hall–Kier alpha value is -0.780. The van der Waals surface area contributed by atoms with Crippen molar-refractivity contribution in [1.29, 1.82) is 0 Å². The molecule has 0 fully saturated rings. The van der Waals surface area contributed by atoms with E-state index in [2.05, 4.69) is 33.9 Å². The molecule has 2 rings (SSSR count). The van der Waals surface area contributed by atoms with Crippen LogP contribution in [0.2, 0.25) is 0 Å². The van der Waals surface area contributed by atoms with Gasteiger partial charge in [-0.05, 0) is 25.0 Å². The van der Waals surface area contributed by atoms with Gasteiger partial charge in [-0.2, -0.15) is 0 Å². The van der Waals surface area contributed by atoms with Crippen LogP contribution in [0.1, 0.15) is 29.9 Å². The summed E-state index contributed by atoms with van der Waals surface area (Å²) in [5, 5.41) is 0.792. The molecule has 102 valence electrons. The van der Waals surface area contributed by atoms with Crippen molar-refractivity contribution in [2.75, 3.05) is 0 Å². The molecule has 1 heterocycles. The third-order valence-electron chi connectivity index (χ3n) is 2.90. The molecule has 19 heavy (non-hydrogen) atoms. The minimum absolute atomic E-state index is 0.0518. The second-order valence-electron chi connectivity index (χ2n) is 4.39. The summed E-state index contributed by atoms with van der Waals surface area (Å²) in [5.74, 6) is 0. The summed E-state index contributed by atoms with van der Waals surface area (Å²) in [6.07, 6.45) is 2.57. The Kier molecular flexibility index (Phi) is 5.07. The van der Waals surface area contributed by atoms with Crippen molar-refractivity contribution in [2.24, 2.45) is 5.73 Å². The summed E-state index contributed by atoms with van der Waals surface area (Å²) < 4.78 is 6.50. The largest absolute Gasteiger partial charge is 0.440 e. The van der Waals surface area contributed by atoms with E-state index in [9.17, 15) is 0 Å². The lowest BCUT2D eigenvalue weighted by Gasteiger charge is -2.22. The first-order chi connectivity index (χ1) is 9.11. The predicted octanol–water partition coefficient (Wildman–Crippen LogP) is 4.32. The molecule has 0 bridgehead atoms. The number of nitrogens with two attached hydrogens (primary N) is 1. The monoisotopic (exact) mass is 340 g/mol. The lowest BCUT2D eigenvalue weighted by molar-refractivity contribution is 0.451. The molecular formula is C14H17BrN2OS. The minimum atomic E-state index is 0.0518. The van der Waals surface area contributed by atoms with E-state index >= 15 is 0 Å². The number of benzene rings is 1. The average Bonchev–Trinajstić information content (AvgIpc) is 2.82. The smallest absolute Gasteiger partial charge is 0.256 e. The first-order valence-corrected chi connectivity index (χ1v) is 7.88. The van der Waals surface area contributed by atoms with Crippen LogP contribution in [0.15, 0.2) is 44.6 Å². The SMILES string of the molecule is CCC(N)C(Sc1nc(C)co1)c1ccccc1Br. The molecule has 0 amide bonds. The molecular weight excluding hydrogens is 324 g/mol. The topological polar surface area (TPSA) is 52.0 Å². The lowest BCUT2D eigenvalue weighted by Crippen LogP contribution is -2.25. The third-order valence-corrected chi connectivity index (χ3v) is 4.87. The zero-order valence-corrected chi connectivity index (χ0v) is 13.4. The lowest BCUT2D eigenvalue weighted by atomic mass is 10.0. The van der Waals surface area contributed by atoms with Crippen LogP contribution in [0.4, 0.5) is 0 Å². The van der Waals surface area contributed by atoms with Gasteiger partial charge in [0.25, 0.3) is 5.22 Å². The van der Waals surface area contributed by atoms with Crippen LogP contribution in [0.3, 0.4) is 0 Å². The van der Waals surface area contributed by atoms with Crippen LogP contribution in [0, 0.1) is 6.92 Å². The Labute approximate surface area is 126 Å². The molecule has 0 aliphatic rings. The molecule has 0 saturated heterocycles. The van der Waals surface area contributed by atoms with E-state index in [1.807, 2.05) is 25.1 Å². The van der Waals surface area contributed by atoms with Gasteiger partial charge >= 0.3 is 0 Å². The van der Waals surface area contributed by atoms with Crippen LogP contribution in [0.25, 0.3) is 0 Å². The molecule has 0 radical (unpaired) electrons. The molecule has 2 N–H and O–H groups in total. The molecule has 2 atom stereocenters. The van der Waals surface area contributed by atoms with Crippen LogP contribution in [0.5, 0.6) is 0 Å². The van der Waals surface area contributed by atoms with Crippen molar-refractivity contribution in [3.8, 4) is 0 Å². The van der Waals surface area contributed by atoms with Crippen molar-refractivity contribution < 1.29 is 4.42 Å². The van der Waals surface area contributed by atoms with Gasteiger partial charge in [-0.3, -0.25) is 0 Å². The Morgan fingerprint density at radius 1 is 1.42 bits per heavy atom. The maximum absolute atomic E-state index is 6.26. The van der Waals surface area contributed by atoms with Gasteiger partial charge in [0.2, 0.25) is 0 Å². The quantitative estimate of drug-likeness (QED) is 0.823. The van der Waals surface area contributed by atoms with Gasteiger partial charge in [-0.1, -0.05) is 52.8 Å². The number of oxazole rings is 1. The second kappa shape index (κ2) is 6.59.